The van der Waals surface area contributed by atoms with Crippen molar-refractivity contribution in [1.29, 1.82) is 0 Å². The lowest BCUT2D eigenvalue weighted by Crippen LogP contribution is -2.41. The van der Waals surface area contributed by atoms with Crippen LogP contribution in [0.15, 0.2) is 36.5 Å². The van der Waals surface area contributed by atoms with Crippen molar-refractivity contribution in [3.63, 3.8) is 0 Å². The predicted molar refractivity (Wildman–Crippen MR) is 116 cm³/mol. The molecule has 3 heteroatoms. The maximum atomic E-state index is 11.5. The van der Waals surface area contributed by atoms with Gasteiger partial charge in [0.1, 0.15) is 0 Å². The van der Waals surface area contributed by atoms with E-state index in [1.54, 1.807) is 6.08 Å². The number of allylic oxidation sites excluding steroid dienone is 4. The molecule has 0 radical (unpaired) electrons. The minimum absolute atomic E-state index is 0.158. The number of amides is 2. The van der Waals surface area contributed by atoms with Gasteiger partial charge in [0.25, 0.3) is 0 Å². The highest BCUT2D eigenvalue weighted by molar-refractivity contribution is 6.00. The van der Waals surface area contributed by atoms with Gasteiger partial charge in [0, 0.05) is 6.42 Å². The van der Waals surface area contributed by atoms with Crippen molar-refractivity contribution in [2.45, 2.75) is 89.0 Å². The molecule has 25 heavy (non-hydrogen) atoms. The van der Waals surface area contributed by atoms with Crippen LogP contribution < -0.4 is 5.32 Å². The zero-order chi connectivity index (χ0) is 21.3. The lowest BCUT2D eigenvalue weighted by molar-refractivity contribution is -0.135. The van der Waals surface area contributed by atoms with Gasteiger partial charge in [-0.25, -0.2) is 0 Å². The molecule has 0 saturated carbocycles. The molecule has 1 aliphatic rings. The summed E-state index contributed by atoms with van der Waals surface area (Å²) in [7, 11) is 0. The first kappa shape index (κ1) is 34.6. The van der Waals surface area contributed by atoms with Crippen molar-refractivity contribution in [3.8, 4) is 0 Å². The summed E-state index contributed by atoms with van der Waals surface area (Å²) in [5.41, 5.74) is 0.984. The summed E-state index contributed by atoms with van der Waals surface area (Å²) >= 11 is 0. The Balaban J connectivity index is -0.000000103. The van der Waals surface area contributed by atoms with E-state index in [2.05, 4.69) is 11.9 Å². The highest BCUT2D eigenvalue weighted by Gasteiger charge is 2.27. The largest absolute Gasteiger partial charge is 0.296 e. The van der Waals surface area contributed by atoms with E-state index in [0.717, 1.165) is 5.57 Å². The fourth-order valence-electron chi connectivity index (χ4n) is 1.62. The second kappa shape index (κ2) is 33.9. The Morgan fingerprint density at radius 2 is 1.36 bits per heavy atom. The summed E-state index contributed by atoms with van der Waals surface area (Å²) in [5, 5.41) is 2.35. The van der Waals surface area contributed by atoms with Crippen molar-refractivity contribution < 1.29 is 9.59 Å². The third kappa shape index (κ3) is 22.4. The molecule has 3 nitrogen and oxygen atoms in total. The van der Waals surface area contributed by atoms with Crippen molar-refractivity contribution in [2.75, 3.05) is 0 Å². The second-order valence-electron chi connectivity index (χ2n) is 3.70. The third-order valence-electron chi connectivity index (χ3n) is 2.33. The van der Waals surface area contributed by atoms with E-state index in [-0.39, 0.29) is 17.7 Å². The standard InChI is InChI=1S/C11H15NO2.C3H6.4C2H6/c1-3-5-8(4-2)9-6-7-10(13)12-11(9)14;1-3-2;4*1-2/h3-5,9H,6-7H2,1-2H3,(H,12,13,14);3H,1H2,2H3;4*1-2H3/b5-3-,8-4+;;;;;. The van der Waals surface area contributed by atoms with Crippen LogP contribution in [0.3, 0.4) is 0 Å². The summed E-state index contributed by atoms with van der Waals surface area (Å²) in [4.78, 5) is 22.4. The van der Waals surface area contributed by atoms with Crippen LogP contribution in [0.4, 0.5) is 0 Å². The van der Waals surface area contributed by atoms with Crippen LogP contribution in [-0.4, -0.2) is 11.8 Å². The van der Waals surface area contributed by atoms with E-state index in [1.165, 1.54) is 0 Å². The van der Waals surface area contributed by atoms with Crippen LogP contribution in [-0.2, 0) is 9.59 Å². The van der Waals surface area contributed by atoms with E-state index in [0.29, 0.717) is 12.8 Å². The molecule has 1 aliphatic heterocycles. The van der Waals surface area contributed by atoms with Crippen LogP contribution in [0.5, 0.6) is 0 Å². The van der Waals surface area contributed by atoms with Crippen LogP contribution in [0, 0.1) is 5.92 Å². The minimum Gasteiger partial charge on any atom is -0.296 e. The molecule has 1 atom stereocenters. The summed E-state index contributed by atoms with van der Waals surface area (Å²) in [6, 6.07) is 0. The van der Waals surface area contributed by atoms with Crippen molar-refractivity contribution >= 4 is 11.8 Å². The van der Waals surface area contributed by atoms with Crippen LogP contribution in [0.2, 0.25) is 0 Å². The molecule has 0 aromatic heterocycles. The molecule has 1 saturated heterocycles. The molecule has 0 spiro atoms. The smallest absolute Gasteiger partial charge is 0.234 e. The average molecular weight is 356 g/mol. The Bertz CT molecular complexity index is 342. The van der Waals surface area contributed by atoms with Crippen LogP contribution in [0.25, 0.3) is 0 Å². The maximum absolute atomic E-state index is 11.5. The first-order chi connectivity index (χ1) is 12.1. The highest BCUT2D eigenvalue weighted by Crippen LogP contribution is 2.21. The predicted octanol–water partition coefficient (Wildman–Crippen LogP) is 6.86. The third-order valence-corrected chi connectivity index (χ3v) is 2.33. The van der Waals surface area contributed by atoms with Crippen LogP contribution >= 0.6 is 0 Å². The quantitative estimate of drug-likeness (QED) is 0.334. The van der Waals surface area contributed by atoms with Gasteiger partial charge in [-0.05, 0) is 32.8 Å². The molecule has 1 rings (SSSR count). The van der Waals surface area contributed by atoms with Crippen molar-refractivity contribution in [3.05, 3.63) is 36.5 Å². The molecule has 1 unspecified atom stereocenters. The van der Waals surface area contributed by atoms with E-state index in [9.17, 15) is 9.59 Å². The van der Waals surface area contributed by atoms with E-state index >= 15 is 0 Å². The molecule has 2 amide bonds. The summed E-state index contributed by atoms with van der Waals surface area (Å²) < 4.78 is 0. The summed E-state index contributed by atoms with van der Waals surface area (Å²) in [6.45, 7) is 25.1. The van der Waals surface area contributed by atoms with Gasteiger partial charge < -0.3 is 0 Å². The Hall–Kier alpha value is -1.64. The Morgan fingerprint density at radius 1 is 0.960 bits per heavy atom. The first-order valence-corrected chi connectivity index (χ1v) is 9.80. The fourth-order valence-corrected chi connectivity index (χ4v) is 1.62. The topological polar surface area (TPSA) is 46.2 Å². The molecule has 1 fully saturated rings. The minimum atomic E-state index is -0.174. The molecular formula is C22H45NO2. The fraction of sp³-hybridized carbons (Fsp3) is 0.636. The number of piperidine rings is 1. The Labute approximate surface area is 158 Å². The van der Waals surface area contributed by atoms with Gasteiger partial charge in [0.05, 0.1) is 5.92 Å². The zero-order valence-electron chi connectivity index (χ0n) is 18.8. The van der Waals surface area contributed by atoms with E-state index in [4.69, 9.17) is 0 Å². The molecule has 150 valence electrons. The molecule has 0 aliphatic carbocycles. The molecule has 0 aromatic rings. The highest BCUT2D eigenvalue weighted by atomic mass is 16.2. The van der Waals surface area contributed by atoms with Crippen LogP contribution in [0.1, 0.15) is 89.0 Å². The Kier molecular flexibility index (Phi) is 46.9. The number of carbonyl (C=O) groups excluding carboxylic acids is 2. The number of nitrogens with one attached hydrogen (secondary N) is 1. The van der Waals surface area contributed by atoms with Gasteiger partial charge in [-0.3, -0.25) is 14.9 Å². The number of hydrogen-bond acceptors (Lipinski definition) is 2. The first-order valence-electron chi connectivity index (χ1n) is 9.80. The number of rotatable bonds is 2. The lowest BCUT2D eigenvalue weighted by Gasteiger charge is -2.21. The monoisotopic (exact) mass is 355 g/mol. The van der Waals surface area contributed by atoms with Crippen molar-refractivity contribution in [1.82, 2.24) is 5.32 Å². The summed E-state index contributed by atoms with van der Waals surface area (Å²) in [6.07, 6.45) is 8.54. The summed E-state index contributed by atoms with van der Waals surface area (Å²) in [5.74, 6) is -0.497. The lowest BCUT2D eigenvalue weighted by atomic mass is 9.90. The van der Waals surface area contributed by atoms with Gasteiger partial charge in [-0.1, -0.05) is 79.7 Å². The molecule has 1 N–H and O–H groups in total. The van der Waals surface area contributed by atoms with E-state index < -0.39 is 0 Å². The number of carbonyl (C=O) groups is 2. The second-order valence-corrected chi connectivity index (χ2v) is 3.70. The SMILES string of the molecule is C/C=C\C(=C/C)C1CCC(=O)NC1=O.C=CC.CC.CC.CC.CC. The maximum Gasteiger partial charge on any atom is 0.234 e. The average Bonchev–Trinajstić information content (AvgIpc) is 2.67. The normalized spacial score (nSPS) is 15.0. The number of hydrogen-bond donors (Lipinski definition) is 1. The molecule has 0 bridgehead atoms. The molecular weight excluding hydrogens is 310 g/mol. The van der Waals surface area contributed by atoms with Gasteiger partial charge in [-0.15, -0.1) is 6.58 Å². The van der Waals surface area contributed by atoms with Gasteiger partial charge in [-0.2, -0.15) is 0 Å². The van der Waals surface area contributed by atoms with E-state index in [1.807, 2.05) is 94.4 Å². The molecule has 0 aromatic carbocycles. The van der Waals surface area contributed by atoms with Gasteiger partial charge in [0.2, 0.25) is 11.8 Å². The zero-order valence-corrected chi connectivity index (χ0v) is 18.8. The Morgan fingerprint density at radius 3 is 1.64 bits per heavy atom. The van der Waals surface area contributed by atoms with Gasteiger partial charge in [0.15, 0.2) is 0 Å². The molecule has 1 heterocycles. The van der Waals surface area contributed by atoms with Gasteiger partial charge >= 0.3 is 0 Å². The number of imide groups is 1. The van der Waals surface area contributed by atoms with Crippen molar-refractivity contribution in [2.24, 2.45) is 5.92 Å².